The molecule has 0 radical (unpaired) electrons. The van der Waals surface area contributed by atoms with Gasteiger partial charge in [-0.05, 0) is 12.8 Å². The van der Waals surface area contributed by atoms with Crippen LogP contribution in [0.3, 0.4) is 0 Å². The monoisotopic (exact) mass is 270 g/mol. The molecule has 1 N–H and O–H groups in total. The Morgan fingerprint density at radius 1 is 1.15 bits per heavy atom. The molecule has 1 amide bonds. The number of amides is 1. The number of carbonyl (C=O) groups excluding carboxylic acids is 2. The molecule has 0 spiro atoms. The van der Waals surface area contributed by atoms with E-state index in [9.17, 15) is 9.59 Å². The first-order valence-corrected chi connectivity index (χ1v) is 7.01. The van der Waals surface area contributed by atoms with Crippen molar-refractivity contribution in [3.63, 3.8) is 0 Å². The van der Waals surface area contributed by atoms with Gasteiger partial charge in [-0.25, -0.2) is 0 Å². The third-order valence-electron chi connectivity index (χ3n) is 3.66. The Labute approximate surface area is 118 Å². The number of benzene rings is 1. The van der Waals surface area contributed by atoms with Gasteiger partial charge in [0.05, 0.1) is 6.07 Å². The maximum Gasteiger partial charge on any atom is 0.245 e. The molecule has 4 heteroatoms. The smallest absolute Gasteiger partial charge is 0.245 e. The highest BCUT2D eigenvalue weighted by Gasteiger charge is 2.29. The highest BCUT2D eigenvalue weighted by atomic mass is 16.2. The molecule has 1 aliphatic carbocycles. The van der Waals surface area contributed by atoms with Gasteiger partial charge in [0.2, 0.25) is 5.91 Å². The fraction of sp³-hybridized carbons (Fsp3) is 0.438. The van der Waals surface area contributed by atoms with Gasteiger partial charge in [-0.2, -0.15) is 5.26 Å². The molecule has 1 fully saturated rings. The van der Waals surface area contributed by atoms with Gasteiger partial charge in [0.25, 0.3) is 0 Å². The fourth-order valence-electron chi connectivity index (χ4n) is 2.54. The van der Waals surface area contributed by atoms with E-state index in [2.05, 4.69) is 5.32 Å². The zero-order valence-electron chi connectivity index (χ0n) is 11.3. The van der Waals surface area contributed by atoms with E-state index in [4.69, 9.17) is 5.26 Å². The summed E-state index contributed by atoms with van der Waals surface area (Å²) in [5, 5.41) is 12.0. The van der Waals surface area contributed by atoms with Crippen LogP contribution in [0.4, 0.5) is 0 Å². The number of carbonyl (C=O) groups is 2. The Morgan fingerprint density at radius 2 is 1.80 bits per heavy atom. The standard InChI is InChI=1S/C16H18N2O2/c17-11-14(15(19)12-7-3-1-4-8-12)16(20)18-13-9-5-2-6-10-13/h1,3-4,7-8,13-14H,2,5-6,9-10H2,(H,18,20). The average molecular weight is 270 g/mol. The van der Waals surface area contributed by atoms with E-state index in [-0.39, 0.29) is 6.04 Å². The van der Waals surface area contributed by atoms with Crippen LogP contribution in [0, 0.1) is 17.2 Å². The van der Waals surface area contributed by atoms with Crippen molar-refractivity contribution in [2.75, 3.05) is 0 Å². The van der Waals surface area contributed by atoms with Gasteiger partial charge in [-0.1, -0.05) is 49.6 Å². The molecule has 1 aromatic carbocycles. The number of nitriles is 1. The predicted molar refractivity (Wildman–Crippen MR) is 74.9 cm³/mol. The summed E-state index contributed by atoms with van der Waals surface area (Å²) in [4.78, 5) is 24.3. The van der Waals surface area contributed by atoms with Crippen LogP contribution in [-0.2, 0) is 4.79 Å². The quantitative estimate of drug-likeness (QED) is 0.675. The van der Waals surface area contributed by atoms with Crippen molar-refractivity contribution in [2.45, 2.75) is 38.1 Å². The van der Waals surface area contributed by atoms with Crippen molar-refractivity contribution in [3.8, 4) is 6.07 Å². The van der Waals surface area contributed by atoms with E-state index in [1.807, 2.05) is 6.07 Å². The highest BCUT2D eigenvalue weighted by Crippen LogP contribution is 2.18. The lowest BCUT2D eigenvalue weighted by atomic mass is 9.93. The molecule has 0 aromatic heterocycles. The number of hydrogen-bond donors (Lipinski definition) is 1. The molecule has 2 rings (SSSR count). The van der Waals surface area contributed by atoms with Crippen LogP contribution in [0.1, 0.15) is 42.5 Å². The second-order valence-corrected chi connectivity index (χ2v) is 5.14. The van der Waals surface area contributed by atoms with Gasteiger partial charge in [0, 0.05) is 11.6 Å². The molecular weight excluding hydrogens is 252 g/mol. The van der Waals surface area contributed by atoms with Crippen LogP contribution >= 0.6 is 0 Å². The average Bonchev–Trinajstić information content (AvgIpc) is 2.49. The summed E-state index contributed by atoms with van der Waals surface area (Å²) in [6, 6.07) is 10.4. The Morgan fingerprint density at radius 3 is 2.40 bits per heavy atom. The van der Waals surface area contributed by atoms with E-state index in [1.54, 1.807) is 30.3 Å². The SMILES string of the molecule is N#CC(C(=O)NC1CCCCC1)C(=O)c1ccccc1. The molecule has 20 heavy (non-hydrogen) atoms. The van der Waals surface area contributed by atoms with Crippen LogP contribution in [0.5, 0.6) is 0 Å². The van der Waals surface area contributed by atoms with Crippen molar-refractivity contribution in [1.29, 1.82) is 5.26 Å². The van der Waals surface area contributed by atoms with E-state index < -0.39 is 17.6 Å². The second-order valence-electron chi connectivity index (χ2n) is 5.14. The number of ketones is 1. The summed E-state index contributed by atoms with van der Waals surface area (Å²) < 4.78 is 0. The molecule has 1 saturated carbocycles. The minimum atomic E-state index is -1.25. The predicted octanol–water partition coefficient (Wildman–Crippen LogP) is 2.46. The summed E-state index contributed by atoms with van der Waals surface area (Å²) in [6.45, 7) is 0. The molecule has 1 aliphatic rings. The molecule has 1 aromatic rings. The number of hydrogen-bond acceptors (Lipinski definition) is 3. The van der Waals surface area contributed by atoms with Crippen LogP contribution in [-0.4, -0.2) is 17.7 Å². The lowest BCUT2D eigenvalue weighted by molar-refractivity contribution is -0.123. The zero-order valence-corrected chi connectivity index (χ0v) is 11.3. The summed E-state index contributed by atoms with van der Waals surface area (Å²) >= 11 is 0. The lowest BCUT2D eigenvalue weighted by Gasteiger charge is -2.23. The molecule has 1 unspecified atom stereocenters. The van der Waals surface area contributed by atoms with Crippen molar-refractivity contribution >= 4 is 11.7 Å². The third kappa shape index (κ3) is 3.45. The second kappa shape index (κ2) is 6.85. The largest absolute Gasteiger partial charge is 0.352 e. The Hall–Kier alpha value is -2.15. The minimum Gasteiger partial charge on any atom is -0.352 e. The molecule has 1 atom stereocenters. The third-order valence-corrected chi connectivity index (χ3v) is 3.66. The van der Waals surface area contributed by atoms with E-state index in [0.29, 0.717) is 5.56 Å². The molecule has 4 nitrogen and oxygen atoms in total. The summed E-state index contributed by atoms with van der Waals surface area (Å²) in [6.07, 6.45) is 5.24. The van der Waals surface area contributed by atoms with Crippen LogP contribution < -0.4 is 5.32 Å². The number of Topliss-reactive ketones (excluding diaryl/α,β-unsaturated/α-hetero) is 1. The van der Waals surface area contributed by atoms with Crippen LogP contribution in [0.15, 0.2) is 30.3 Å². The highest BCUT2D eigenvalue weighted by molar-refractivity contribution is 6.12. The van der Waals surface area contributed by atoms with Crippen molar-refractivity contribution in [3.05, 3.63) is 35.9 Å². The van der Waals surface area contributed by atoms with Crippen molar-refractivity contribution < 1.29 is 9.59 Å². The van der Waals surface area contributed by atoms with E-state index in [0.717, 1.165) is 25.7 Å². The maximum absolute atomic E-state index is 12.2. The van der Waals surface area contributed by atoms with E-state index >= 15 is 0 Å². The van der Waals surface area contributed by atoms with Gasteiger partial charge in [0.15, 0.2) is 11.7 Å². The first-order chi connectivity index (χ1) is 9.72. The normalized spacial score (nSPS) is 16.9. The molecule has 0 saturated heterocycles. The van der Waals surface area contributed by atoms with Crippen molar-refractivity contribution in [2.24, 2.45) is 5.92 Å². The Balaban J connectivity index is 2.02. The van der Waals surface area contributed by atoms with Gasteiger partial charge in [0.1, 0.15) is 0 Å². The molecule has 0 aliphatic heterocycles. The molecular formula is C16H18N2O2. The maximum atomic E-state index is 12.2. The van der Waals surface area contributed by atoms with Gasteiger partial charge >= 0.3 is 0 Å². The van der Waals surface area contributed by atoms with Crippen LogP contribution in [0.25, 0.3) is 0 Å². The summed E-state index contributed by atoms with van der Waals surface area (Å²) in [7, 11) is 0. The summed E-state index contributed by atoms with van der Waals surface area (Å²) in [5.41, 5.74) is 0.401. The van der Waals surface area contributed by atoms with Crippen LogP contribution in [0.2, 0.25) is 0 Å². The Kier molecular flexibility index (Phi) is 4.89. The lowest BCUT2D eigenvalue weighted by Crippen LogP contribution is -2.42. The first kappa shape index (κ1) is 14.3. The van der Waals surface area contributed by atoms with Gasteiger partial charge in [-0.3, -0.25) is 9.59 Å². The fourth-order valence-corrected chi connectivity index (χ4v) is 2.54. The number of nitrogens with one attached hydrogen (secondary N) is 1. The summed E-state index contributed by atoms with van der Waals surface area (Å²) in [5.74, 6) is -2.14. The van der Waals surface area contributed by atoms with E-state index in [1.165, 1.54) is 6.42 Å². The molecule has 104 valence electrons. The minimum absolute atomic E-state index is 0.107. The molecule has 0 bridgehead atoms. The molecule has 0 heterocycles. The zero-order chi connectivity index (χ0) is 14.4. The Bertz CT molecular complexity index is 513. The van der Waals surface area contributed by atoms with Gasteiger partial charge < -0.3 is 5.32 Å². The number of rotatable bonds is 4. The first-order valence-electron chi connectivity index (χ1n) is 7.01. The van der Waals surface area contributed by atoms with Gasteiger partial charge in [-0.15, -0.1) is 0 Å². The topological polar surface area (TPSA) is 70.0 Å². The number of nitrogens with zero attached hydrogens (tertiary/aromatic N) is 1. The van der Waals surface area contributed by atoms with Crippen molar-refractivity contribution in [1.82, 2.24) is 5.32 Å².